The van der Waals surface area contributed by atoms with Crippen LogP contribution in [0.25, 0.3) is 0 Å². The van der Waals surface area contributed by atoms with Gasteiger partial charge in [0, 0.05) is 6.04 Å². The molecule has 1 unspecified atom stereocenters. The standard InChI is InChI=1S/C14H21NO2.C2H6/c1-4-17-13(16)14(2,3)12(15)10-11-8-6-5-7-9-11;1-2/h5-9,12H,4,10,15H2,1-3H3;1-2H3. The van der Waals surface area contributed by atoms with E-state index in [2.05, 4.69) is 0 Å². The normalized spacial score (nSPS) is 12.1. The van der Waals surface area contributed by atoms with E-state index >= 15 is 0 Å². The molecule has 3 heteroatoms. The van der Waals surface area contributed by atoms with Gasteiger partial charge in [0.1, 0.15) is 0 Å². The van der Waals surface area contributed by atoms with E-state index in [-0.39, 0.29) is 12.0 Å². The summed E-state index contributed by atoms with van der Waals surface area (Å²) in [4.78, 5) is 11.8. The Labute approximate surface area is 117 Å². The Morgan fingerprint density at radius 3 is 2.26 bits per heavy atom. The molecule has 2 N–H and O–H groups in total. The summed E-state index contributed by atoms with van der Waals surface area (Å²) in [7, 11) is 0. The summed E-state index contributed by atoms with van der Waals surface area (Å²) < 4.78 is 5.05. The molecule has 0 spiro atoms. The Bertz CT molecular complexity index is 360. The molecular weight excluding hydrogens is 238 g/mol. The highest BCUT2D eigenvalue weighted by molar-refractivity contribution is 5.76. The lowest BCUT2D eigenvalue weighted by molar-refractivity contribution is -0.154. The van der Waals surface area contributed by atoms with Crippen LogP contribution in [0.3, 0.4) is 0 Å². The lowest BCUT2D eigenvalue weighted by Gasteiger charge is -2.29. The highest BCUT2D eigenvalue weighted by Crippen LogP contribution is 2.23. The van der Waals surface area contributed by atoms with Crippen LogP contribution in [-0.4, -0.2) is 18.6 Å². The molecule has 1 aromatic rings. The third-order valence-electron chi connectivity index (χ3n) is 3.03. The molecule has 0 fully saturated rings. The number of ether oxygens (including phenoxy) is 1. The number of nitrogens with two attached hydrogens (primary N) is 1. The van der Waals surface area contributed by atoms with Crippen LogP contribution in [0.4, 0.5) is 0 Å². The van der Waals surface area contributed by atoms with E-state index in [1.54, 1.807) is 6.92 Å². The van der Waals surface area contributed by atoms with Gasteiger partial charge in [-0.05, 0) is 32.8 Å². The van der Waals surface area contributed by atoms with Crippen LogP contribution >= 0.6 is 0 Å². The summed E-state index contributed by atoms with van der Waals surface area (Å²) in [5.41, 5.74) is 6.59. The maximum Gasteiger partial charge on any atom is 0.313 e. The minimum atomic E-state index is -0.661. The minimum absolute atomic E-state index is 0.233. The van der Waals surface area contributed by atoms with Crippen LogP contribution in [0.1, 0.15) is 40.2 Å². The number of esters is 1. The number of carbonyl (C=O) groups is 1. The molecule has 0 aliphatic carbocycles. The number of benzene rings is 1. The van der Waals surface area contributed by atoms with Gasteiger partial charge in [-0.2, -0.15) is 0 Å². The molecule has 0 saturated heterocycles. The van der Waals surface area contributed by atoms with Crippen LogP contribution in [-0.2, 0) is 16.0 Å². The quantitative estimate of drug-likeness (QED) is 0.832. The maximum atomic E-state index is 11.8. The molecular formula is C16H27NO2. The van der Waals surface area contributed by atoms with E-state index in [1.807, 2.05) is 58.0 Å². The fourth-order valence-corrected chi connectivity index (χ4v) is 1.59. The Kier molecular flexibility index (Phi) is 8.08. The second kappa shape index (κ2) is 8.70. The van der Waals surface area contributed by atoms with Crippen LogP contribution in [0.15, 0.2) is 30.3 Å². The molecule has 0 aliphatic rings. The van der Waals surface area contributed by atoms with Crippen molar-refractivity contribution < 1.29 is 9.53 Å². The molecule has 0 radical (unpaired) electrons. The van der Waals surface area contributed by atoms with E-state index in [4.69, 9.17) is 10.5 Å². The topological polar surface area (TPSA) is 52.3 Å². The zero-order chi connectivity index (χ0) is 14.9. The van der Waals surface area contributed by atoms with Gasteiger partial charge < -0.3 is 10.5 Å². The van der Waals surface area contributed by atoms with Gasteiger partial charge in [-0.25, -0.2) is 0 Å². The molecule has 3 nitrogen and oxygen atoms in total. The molecule has 1 rings (SSSR count). The van der Waals surface area contributed by atoms with Gasteiger partial charge in [0.25, 0.3) is 0 Å². The van der Waals surface area contributed by atoms with Gasteiger partial charge in [0.2, 0.25) is 0 Å². The van der Waals surface area contributed by atoms with Crippen molar-refractivity contribution in [1.29, 1.82) is 0 Å². The summed E-state index contributed by atoms with van der Waals surface area (Å²) in [6.07, 6.45) is 0.673. The van der Waals surface area contributed by atoms with Gasteiger partial charge >= 0.3 is 5.97 Å². The van der Waals surface area contributed by atoms with E-state index in [0.29, 0.717) is 13.0 Å². The lowest BCUT2D eigenvalue weighted by atomic mass is 9.81. The van der Waals surface area contributed by atoms with Crippen molar-refractivity contribution >= 4 is 5.97 Å². The monoisotopic (exact) mass is 265 g/mol. The minimum Gasteiger partial charge on any atom is -0.466 e. The van der Waals surface area contributed by atoms with Gasteiger partial charge in [0.15, 0.2) is 0 Å². The molecule has 0 bridgehead atoms. The highest BCUT2D eigenvalue weighted by Gasteiger charge is 2.35. The summed E-state index contributed by atoms with van der Waals surface area (Å²) >= 11 is 0. The third kappa shape index (κ3) is 5.43. The van der Waals surface area contributed by atoms with Gasteiger partial charge in [-0.15, -0.1) is 0 Å². The van der Waals surface area contributed by atoms with E-state index in [0.717, 1.165) is 5.56 Å². The predicted octanol–water partition coefficient (Wildman–Crippen LogP) is 3.17. The first kappa shape index (κ1) is 17.6. The van der Waals surface area contributed by atoms with Gasteiger partial charge in [-0.1, -0.05) is 44.2 Å². The molecule has 108 valence electrons. The van der Waals surface area contributed by atoms with Gasteiger partial charge in [0.05, 0.1) is 12.0 Å². The zero-order valence-electron chi connectivity index (χ0n) is 12.8. The zero-order valence-corrected chi connectivity index (χ0v) is 12.8. The lowest BCUT2D eigenvalue weighted by Crippen LogP contribution is -2.45. The van der Waals surface area contributed by atoms with Gasteiger partial charge in [-0.3, -0.25) is 4.79 Å². The molecule has 0 saturated carbocycles. The summed E-state index contributed by atoms with van der Waals surface area (Å²) in [6, 6.07) is 9.69. The Morgan fingerprint density at radius 1 is 1.26 bits per heavy atom. The number of hydrogen-bond donors (Lipinski definition) is 1. The van der Waals surface area contributed by atoms with Crippen LogP contribution in [0, 0.1) is 5.41 Å². The van der Waals surface area contributed by atoms with Crippen molar-refractivity contribution in [2.75, 3.05) is 6.61 Å². The molecule has 19 heavy (non-hydrogen) atoms. The predicted molar refractivity (Wildman–Crippen MR) is 79.9 cm³/mol. The first-order valence-electron chi connectivity index (χ1n) is 6.95. The van der Waals surface area contributed by atoms with Crippen LogP contribution < -0.4 is 5.73 Å². The van der Waals surface area contributed by atoms with E-state index < -0.39 is 5.41 Å². The largest absolute Gasteiger partial charge is 0.466 e. The molecule has 0 amide bonds. The number of carbonyl (C=O) groups excluding carboxylic acids is 1. The average Bonchev–Trinajstić information content (AvgIpc) is 2.42. The van der Waals surface area contributed by atoms with Crippen molar-refractivity contribution in [3.05, 3.63) is 35.9 Å². The molecule has 0 heterocycles. The fraction of sp³-hybridized carbons (Fsp3) is 0.562. The number of hydrogen-bond acceptors (Lipinski definition) is 3. The molecule has 1 aromatic carbocycles. The second-order valence-corrected chi connectivity index (χ2v) is 4.74. The van der Waals surface area contributed by atoms with E-state index in [9.17, 15) is 4.79 Å². The third-order valence-corrected chi connectivity index (χ3v) is 3.03. The molecule has 1 atom stereocenters. The van der Waals surface area contributed by atoms with Crippen molar-refractivity contribution in [1.82, 2.24) is 0 Å². The fourth-order valence-electron chi connectivity index (χ4n) is 1.59. The first-order chi connectivity index (χ1) is 8.98. The van der Waals surface area contributed by atoms with Crippen molar-refractivity contribution in [3.8, 4) is 0 Å². The van der Waals surface area contributed by atoms with Crippen LogP contribution in [0.2, 0.25) is 0 Å². The molecule has 0 aromatic heterocycles. The summed E-state index contributed by atoms with van der Waals surface area (Å²) in [6.45, 7) is 9.86. The second-order valence-electron chi connectivity index (χ2n) is 4.74. The Hall–Kier alpha value is -1.35. The number of rotatable bonds is 5. The maximum absolute atomic E-state index is 11.8. The first-order valence-corrected chi connectivity index (χ1v) is 6.95. The smallest absolute Gasteiger partial charge is 0.313 e. The SMILES string of the molecule is CC.CCOC(=O)C(C)(C)C(N)Cc1ccccc1. The van der Waals surface area contributed by atoms with Crippen LogP contribution in [0.5, 0.6) is 0 Å². The highest BCUT2D eigenvalue weighted by atomic mass is 16.5. The van der Waals surface area contributed by atoms with E-state index in [1.165, 1.54) is 0 Å². The van der Waals surface area contributed by atoms with Crippen molar-refractivity contribution in [2.45, 2.75) is 47.1 Å². The Balaban J connectivity index is 0.00000154. The summed E-state index contributed by atoms with van der Waals surface area (Å²) in [5, 5.41) is 0. The summed E-state index contributed by atoms with van der Waals surface area (Å²) in [5.74, 6) is -0.233. The average molecular weight is 265 g/mol. The van der Waals surface area contributed by atoms with Crippen molar-refractivity contribution in [3.63, 3.8) is 0 Å². The van der Waals surface area contributed by atoms with Crippen molar-refractivity contribution in [2.24, 2.45) is 11.1 Å². The Morgan fingerprint density at radius 2 is 1.79 bits per heavy atom. The molecule has 0 aliphatic heterocycles.